The van der Waals surface area contributed by atoms with Crippen LogP contribution in [0, 0.1) is 5.92 Å². The maximum absolute atomic E-state index is 12.1. The smallest absolute Gasteiger partial charge is 0.250 e. The van der Waals surface area contributed by atoms with E-state index in [9.17, 15) is 4.79 Å². The first-order valence-corrected chi connectivity index (χ1v) is 10.0. The Morgan fingerprint density at radius 1 is 1.14 bits per heavy atom. The minimum absolute atomic E-state index is 0.203. The van der Waals surface area contributed by atoms with E-state index >= 15 is 0 Å². The van der Waals surface area contributed by atoms with E-state index in [1.807, 2.05) is 16.8 Å². The number of benzene rings is 2. The number of anilines is 1. The molecule has 2 aromatic carbocycles. The number of hydrogen-bond acceptors (Lipinski definition) is 4. The van der Waals surface area contributed by atoms with Gasteiger partial charge in [-0.1, -0.05) is 35.5 Å². The van der Waals surface area contributed by atoms with Crippen LogP contribution in [0.4, 0.5) is 5.69 Å². The molecule has 0 saturated carbocycles. The van der Waals surface area contributed by atoms with Gasteiger partial charge < -0.3 is 10.6 Å². The molecule has 0 radical (unpaired) electrons. The lowest BCUT2D eigenvalue weighted by Crippen LogP contribution is -2.36. The van der Waals surface area contributed by atoms with Crippen LogP contribution >= 0.6 is 0 Å². The molecule has 4 rings (SSSR count). The summed E-state index contributed by atoms with van der Waals surface area (Å²) >= 11 is 0. The molecule has 1 fully saturated rings. The third-order valence-electron chi connectivity index (χ3n) is 5.67. The van der Waals surface area contributed by atoms with Crippen LogP contribution in [0.5, 0.6) is 0 Å². The Morgan fingerprint density at radius 3 is 2.50 bits per heavy atom. The van der Waals surface area contributed by atoms with Crippen molar-refractivity contribution >= 4 is 22.6 Å². The monoisotopic (exact) mass is 377 g/mol. The lowest BCUT2D eigenvalue weighted by molar-refractivity contribution is 0.100. The van der Waals surface area contributed by atoms with Crippen molar-refractivity contribution in [3.63, 3.8) is 0 Å². The maximum Gasteiger partial charge on any atom is 0.250 e. The molecular weight excluding hydrogens is 350 g/mol. The number of carbonyl (C=O) groups excluding carboxylic acids is 1. The lowest BCUT2D eigenvalue weighted by atomic mass is 9.89. The summed E-state index contributed by atoms with van der Waals surface area (Å²) in [5.41, 5.74) is 10.2. The molecule has 1 aromatic heterocycles. The minimum atomic E-state index is -0.414. The van der Waals surface area contributed by atoms with Crippen molar-refractivity contribution in [1.29, 1.82) is 0 Å². The van der Waals surface area contributed by atoms with Gasteiger partial charge in [-0.25, -0.2) is 4.68 Å². The van der Waals surface area contributed by atoms with Gasteiger partial charge in [0.15, 0.2) is 0 Å². The molecule has 0 aliphatic carbocycles. The molecule has 2 heterocycles. The van der Waals surface area contributed by atoms with Gasteiger partial charge in [0.1, 0.15) is 5.52 Å². The molecule has 6 nitrogen and oxygen atoms in total. The molecule has 1 aliphatic rings. The van der Waals surface area contributed by atoms with E-state index in [0.29, 0.717) is 11.5 Å². The molecule has 0 atom stereocenters. The van der Waals surface area contributed by atoms with Gasteiger partial charge in [0, 0.05) is 19.1 Å². The molecular formula is C22H27N5O. The van der Waals surface area contributed by atoms with Crippen LogP contribution in [-0.4, -0.2) is 34.0 Å². The van der Waals surface area contributed by atoms with Gasteiger partial charge in [-0.15, -0.1) is 5.10 Å². The summed E-state index contributed by atoms with van der Waals surface area (Å²) < 4.78 is 1.89. The average molecular weight is 377 g/mol. The molecule has 1 aliphatic heterocycles. The van der Waals surface area contributed by atoms with Crippen molar-refractivity contribution in [2.45, 2.75) is 39.2 Å². The first-order chi connectivity index (χ1) is 13.5. The van der Waals surface area contributed by atoms with Crippen molar-refractivity contribution in [1.82, 2.24) is 15.0 Å². The third kappa shape index (κ3) is 3.46. The molecule has 0 unspecified atom stereocenters. The van der Waals surface area contributed by atoms with Crippen molar-refractivity contribution in [2.75, 3.05) is 18.0 Å². The maximum atomic E-state index is 12.1. The van der Waals surface area contributed by atoms with Crippen LogP contribution in [0.1, 0.15) is 48.7 Å². The summed E-state index contributed by atoms with van der Waals surface area (Å²) in [6.07, 6.45) is 3.27. The topological polar surface area (TPSA) is 77.0 Å². The molecule has 3 aromatic rings. The number of carbonyl (C=O) groups is 1. The summed E-state index contributed by atoms with van der Waals surface area (Å²) in [6.45, 7) is 5.94. The SMILES string of the molecule is CC(C)n1nnc2c(N3CCC(Cc4ccccc4)CC3)c(C(N)=O)ccc21. The second kappa shape index (κ2) is 7.62. The highest BCUT2D eigenvalue weighted by molar-refractivity contribution is 6.06. The van der Waals surface area contributed by atoms with Crippen molar-refractivity contribution < 1.29 is 4.79 Å². The van der Waals surface area contributed by atoms with Crippen LogP contribution in [0.15, 0.2) is 42.5 Å². The molecule has 1 saturated heterocycles. The van der Waals surface area contributed by atoms with Crippen molar-refractivity contribution in [3.8, 4) is 0 Å². The zero-order chi connectivity index (χ0) is 19.7. The normalized spacial score (nSPS) is 15.5. The van der Waals surface area contributed by atoms with E-state index in [1.165, 1.54) is 5.56 Å². The number of nitrogens with zero attached hydrogens (tertiary/aromatic N) is 4. The second-order valence-corrected chi connectivity index (χ2v) is 7.94. The molecule has 2 N–H and O–H groups in total. The van der Waals surface area contributed by atoms with Gasteiger partial charge in [-0.2, -0.15) is 0 Å². The number of aromatic nitrogens is 3. The summed E-state index contributed by atoms with van der Waals surface area (Å²) in [5.74, 6) is 0.239. The lowest BCUT2D eigenvalue weighted by Gasteiger charge is -2.34. The third-order valence-corrected chi connectivity index (χ3v) is 5.67. The van der Waals surface area contributed by atoms with Crippen LogP contribution in [0.3, 0.4) is 0 Å². The van der Waals surface area contributed by atoms with Crippen LogP contribution in [0.2, 0.25) is 0 Å². The Labute approximate surface area is 165 Å². The standard InChI is InChI=1S/C22H27N5O/c1-15(2)27-19-9-8-18(22(23)28)21(20(19)24-25-27)26-12-10-17(11-13-26)14-16-6-4-3-5-7-16/h3-9,15,17H,10-14H2,1-2H3,(H2,23,28). The largest absolute Gasteiger partial charge is 0.369 e. The number of primary amides is 1. The quantitative estimate of drug-likeness (QED) is 0.737. The Bertz CT molecular complexity index is 971. The fourth-order valence-corrected chi connectivity index (χ4v) is 4.20. The molecule has 146 valence electrons. The minimum Gasteiger partial charge on any atom is -0.369 e. The van der Waals surface area contributed by atoms with E-state index in [-0.39, 0.29) is 6.04 Å². The number of fused-ring (bicyclic) bond motifs is 1. The van der Waals surface area contributed by atoms with Gasteiger partial charge in [0.2, 0.25) is 0 Å². The first-order valence-electron chi connectivity index (χ1n) is 10.0. The number of hydrogen-bond donors (Lipinski definition) is 1. The molecule has 6 heteroatoms. The fraction of sp³-hybridized carbons (Fsp3) is 0.409. The fourth-order valence-electron chi connectivity index (χ4n) is 4.20. The molecule has 1 amide bonds. The molecule has 28 heavy (non-hydrogen) atoms. The summed E-state index contributed by atoms with van der Waals surface area (Å²) in [7, 11) is 0. The Kier molecular flexibility index (Phi) is 5.03. The molecule has 0 spiro atoms. The van der Waals surface area contributed by atoms with Crippen LogP contribution in [-0.2, 0) is 6.42 Å². The first kappa shape index (κ1) is 18.5. The van der Waals surface area contributed by atoms with Crippen LogP contribution in [0.25, 0.3) is 11.0 Å². The van der Waals surface area contributed by atoms with E-state index in [4.69, 9.17) is 5.73 Å². The summed E-state index contributed by atoms with van der Waals surface area (Å²) in [6, 6.07) is 14.6. The molecule has 0 bridgehead atoms. The Morgan fingerprint density at radius 2 is 1.86 bits per heavy atom. The van der Waals surface area contributed by atoms with E-state index in [1.54, 1.807) is 0 Å². The van der Waals surface area contributed by atoms with Gasteiger partial charge in [-0.05, 0) is 56.7 Å². The highest BCUT2D eigenvalue weighted by atomic mass is 16.1. The van der Waals surface area contributed by atoms with Gasteiger partial charge in [0.05, 0.1) is 16.8 Å². The number of amides is 1. The van der Waals surface area contributed by atoms with E-state index in [0.717, 1.165) is 49.1 Å². The Balaban J connectivity index is 1.60. The van der Waals surface area contributed by atoms with Gasteiger partial charge in [0.25, 0.3) is 5.91 Å². The number of piperidine rings is 1. The van der Waals surface area contributed by atoms with E-state index < -0.39 is 5.91 Å². The number of rotatable bonds is 5. The zero-order valence-electron chi connectivity index (χ0n) is 16.5. The zero-order valence-corrected chi connectivity index (χ0v) is 16.5. The van der Waals surface area contributed by atoms with Crippen molar-refractivity contribution in [3.05, 3.63) is 53.6 Å². The van der Waals surface area contributed by atoms with Crippen LogP contribution < -0.4 is 10.6 Å². The van der Waals surface area contributed by atoms with E-state index in [2.05, 4.69) is 59.4 Å². The highest BCUT2D eigenvalue weighted by Crippen LogP contribution is 2.34. The average Bonchev–Trinajstić information content (AvgIpc) is 3.13. The number of nitrogens with two attached hydrogens (primary N) is 1. The second-order valence-electron chi connectivity index (χ2n) is 7.94. The summed E-state index contributed by atoms with van der Waals surface area (Å²) in [5, 5.41) is 8.72. The Hall–Kier alpha value is -2.89. The predicted octanol–water partition coefficient (Wildman–Crippen LogP) is 3.57. The van der Waals surface area contributed by atoms with Gasteiger partial charge in [-0.3, -0.25) is 4.79 Å². The van der Waals surface area contributed by atoms with Gasteiger partial charge >= 0.3 is 0 Å². The highest BCUT2D eigenvalue weighted by Gasteiger charge is 2.26. The van der Waals surface area contributed by atoms with Crippen molar-refractivity contribution in [2.24, 2.45) is 11.7 Å². The summed E-state index contributed by atoms with van der Waals surface area (Å²) in [4.78, 5) is 14.4. The predicted molar refractivity (Wildman–Crippen MR) is 112 cm³/mol.